The van der Waals surface area contributed by atoms with E-state index in [1.807, 2.05) is 0 Å². The standard InChI is InChI=1S/C15H15N3O3/c1-18-15(20)10-4-7-13(12(16)8-10)21-11-5-2-9(3-6-11)14(17)19/h2-8H,16H2,1H3,(H2,17,19)(H,18,20). The molecule has 0 aliphatic carbocycles. The van der Waals surface area contributed by atoms with Gasteiger partial charge in [-0.25, -0.2) is 0 Å². The molecule has 0 aliphatic rings. The Morgan fingerprint density at radius 3 is 2.19 bits per heavy atom. The average molecular weight is 285 g/mol. The third-order valence-electron chi connectivity index (χ3n) is 2.87. The molecule has 0 atom stereocenters. The number of rotatable bonds is 4. The van der Waals surface area contributed by atoms with E-state index in [2.05, 4.69) is 5.32 Å². The Labute approximate surface area is 121 Å². The number of primary amides is 1. The Balaban J connectivity index is 2.19. The second-order valence-electron chi connectivity index (χ2n) is 4.32. The number of benzene rings is 2. The Morgan fingerprint density at radius 1 is 1.05 bits per heavy atom. The van der Waals surface area contributed by atoms with Crippen LogP contribution in [-0.4, -0.2) is 18.9 Å². The van der Waals surface area contributed by atoms with Crippen molar-refractivity contribution in [2.45, 2.75) is 0 Å². The minimum atomic E-state index is -0.504. The number of nitrogens with one attached hydrogen (secondary N) is 1. The van der Waals surface area contributed by atoms with Crippen molar-refractivity contribution >= 4 is 17.5 Å². The summed E-state index contributed by atoms with van der Waals surface area (Å²) in [5, 5.41) is 2.52. The third kappa shape index (κ3) is 3.30. The van der Waals surface area contributed by atoms with Crippen LogP contribution in [0, 0.1) is 0 Å². The van der Waals surface area contributed by atoms with Gasteiger partial charge in [0.2, 0.25) is 5.91 Å². The van der Waals surface area contributed by atoms with Gasteiger partial charge in [-0.1, -0.05) is 0 Å². The van der Waals surface area contributed by atoms with Gasteiger partial charge in [-0.15, -0.1) is 0 Å². The molecular weight excluding hydrogens is 270 g/mol. The molecule has 0 unspecified atom stereocenters. The van der Waals surface area contributed by atoms with Gasteiger partial charge in [0.15, 0.2) is 0 Å². The summed E-state index contributed by atoms with van der Waals surface area (Å²) >= 11 is 0. The minimum absolute atomic E-state index is 0.223. The summed E-state index contributed by atoms with van der Waals surface area (Å²) in [5.74, 6) is 0.212. The van der Waals surface area contributed by atoms with Crippen LogP contribution in [0.2, 0.25) is 0 Å². The van der Waals surface area contributed by atoms with E-state index >= 15 is 0 Å². The van der Waals surface area contributed by atoms with Crippen LogP contribution < -0.4 is 21.5 Å². The average Bonchev–Trinajstić information content (AvgIpc) is 2.49. The molecule has 0 heterocycles. The Hall–Kier alpha value is -3.02. The number of anilines is 1. The van der Waals surface area contributed by atoms with Crippen molar-refractivity contribution < 1.29 is 14.3 Å². The van der Waals surface area contributed by atoms with Crippen LogP contribution in [0.25, 0.3) is 0 Å². The molecule has 6 heteroatoms. The summed E-state index contributed by atoms with van der Waals surface area (Å²) in [6.45, 7) is 0. The highest BCUT2D eigenvalue weighted by molar-refractivity contribution is 5.95. The van der Waals surface area contributed by atoms with Crippen LogP contribution in [0.4, 0.5) is 5.69 Å². The molecular formula is C15H15N3O3. The second kappa shape index (κ2) is 5.96. The van der Waals surface area contributed by atoms with E-state index in [0.717, 1.165) is 0 Å². The number of amides is 2. The second-order valence-corrected chi connectivity index (χ2v) is 4.32. The Bertz CT molecular complexity index is 681. The fourth-order valence-electron chi connectivity index (χ4n) is 1.74. The summed E-state index contributed by atoms with van der Waals surface area (Å²) < 4.78 is 5.60. The Morgan fingerprint density at radius 2 is 1.67 bits per heavy atom. The topological polar surface area (TPSA) is 107 Å². The molecule has 0 saturated carbocycles. The summed E-state index contributed by atoms with van der Waals surface area (Å²) in [7, 11) is 1.54. The Kier molecular flexibility index (Phi) is 4.08. The maximum atomic E-state index is 11.5. The van der Waals surface area contributed by atoms with Crippen molar-refractivity contribution in [1.82, 2.24) is 5.32 Å². The molecule has 0 bridgehead atoms. The normalized spacial score (nSPS) is 9.95. The summed E-state index contributed by atoms with van der Waals surface area (Å²) in [6, 6.07) is 11.1. The number of nitrogens with two attached hydrogens (primary N) is 2. The van der Waals surface area contributed by atoms with Gasteiger partial charge < -0.3 is 21.5 Å². The molecule has 5 N–H and O–H groups in total. The van der Waals surface area contributed by atoms with E-state index in [-0.39, 0.29) is 5.91 Å². The lowest BCUT2D eigenvalue weighted by atomic mass is 10.1. The first kappa shape index (κ1) is 14.4. The SMILES string of the molecule is CNC(=O)c1ccc(Oc2ccc(C(N)=O)cc2)c(N)c1. The van der Waals surface area contributed by atoms with Gasteiger partial charge in [0.25, 0.3) is 5.91 Å². The van der Waals surface area contributed by atoms with Crippen LogP contribution >= 0.6 is 0 Å². The van der Waals surface area contributed by atoms with Gasteiger partial charge in [0.1, 0.15) is 11.5 Å². The van der Waals surface area contributed by atoms with E-state index in [1.54, 1.807) is 43.4 Å². The predicted molar refractivity (Wildman–Crippen MR) is 79.3 cm³/mol. The third-order valence-corrected chi connectivity index (χ3v) is 2.87. The number of nitrogen functional groups attached to an aromatic ring is 1. The monoisotopic (exact) mass is 285 g/mol. The first-order valence-electron chi connectivity index (χ1n) is 6.20. The van der Waals surface area contributed by atoms with Gasteiger partial charge in [0, 0.05) is 18.2 Å². The quantitative estimate of drug-likeness (QED) is 0.740. The van der Waals surface area contributed by atoms with Gasteiger partial charge in [-0.05, 0) is 42.5 Å². The molecule has 0 aromatic heterocycles. The first-order valence-corrected chi connectivity index (χ1v) is 6.20. The molecule has 0 spiro atoms. The molecule has 0 saturated heterocycles. The van der Waals surface area contributed by atoms with Crippen molar-refractivity contribution in [2.75, 3.05) is 12.8 Å². The van der Waals surface area contributed by atoms with Crippen LogP contribution in [0.15, 0.2) is 42.5 Å². The van der Waals surface area contributed by atoms with Crippen molar-refractivity contribution in [3.05, 3.63) is 53.6 Å². The molecule has 2 rings (SSSR count). The summed E-state index contributed by atoms with van der Waals surface area (Å²) in [5.41, 5.74) is 12.2. The van der Waals surface area contributed by atoms with Gasteiger partial charge in [-0.2, -0.15) is 0 Å². The van der Waals surface area contributed by atoms with Crippen molar-refractivity contribution in [3.8, 4) is 11.5 Å². The zero-order valence-corrected chi connectivity index (χ0v) is 11.4. The highest BCUT2D eigenvalue weighted by Crippen LogP contribution is 2.28. The van der Waals surface area contributed by atoms with E-state index in [1.165, 1.54) is 6.07 Å². The van der Waals surface area contributed by atoms with Crippen LogP contribution in [-0.2, 0) is 0 Å². The van der Waals surface area contributed by atoms with E-state index < -0.39 is 5.91 Å². The maximum Gasteiger partial charge on any atom is 0.251 e. The highest BCUT2D eigenvalue weighted by atomic mass is 16.5. The van der Waals surface area contributed by atoms with Crippen LogP contribution in [0.5, 0.6) is 11.5 Å². The van der Waals surface area contributed by atoms with Crippen LogP contribution in [0.1, 0.15) is 20.7 Å². The molecule has 108 valence electrons. The number of ether oxygens (including phenoxy) is 1. The number of carbonyl (C=O) groups excluding carboxylic acids is 2. The van der Waals surface area contributed by atoms with Gasteiger partial charge in [-0.3, -0.25) is 9.59 Å². The molecule has 0 aliphatic heterocycles. The molecule has 21 heavy (non-hydrogen) atoms. The number of hydrogen-bond acceptors (Lipinski definition) is 4. The van der Waals surface area contributed by atoms with Crippen molar-refractivity contribution in [2.24, 2.45) is 5.73 Å². The van der Waals surface area contributed by atoms with Gasteiger partial charge in [0.05, 0.1) is 5.69 Å². The number of hydrogen-bond donors (Lipinski definition) is 3. The molecule has 2 aromatic rings. The zero-order chi connectivity index (χ0) is 15.4. The highest BCUT2D eigenvalue weighted by Gasteiger charge is 2.08. The molecule has 6 nitrogen and oxygen atoms in total. The maximum absolute atomic E-state index is 11.5. The summed E-state index contributed by atoms with van der Waals surface area (Å²) in [6.07, 6.45) is 0. The van der Waals surface area contributed by atoms with Gasteiger partial charge >= 0.3 is 0 Å². The minimum Gasteiger partial charge on any atom is -0.455 e. The fourth-order valence-corrected chi connectivity index (χ4v) is 1.74. The molecule has 2 aromatic carbocycles. The lowest BCUT2D eigenvalue weighted by Crippen LogP contribution is -2.17. The van der Waals surface area contributed by atoms with E-state index in [0.29, 0.717) is 28.3 Å². The van der Waals surface area contributed by atoms with Crippen LogP contribution in [0.3, 0.4) is 0 Å². The van der Waals surface area contributed by atoms with E-state index in [9.17, 15) is 9.59 Å². The molecule has 2 amide bonds. The largest absolute Gasteiger partial charge is 0.455 e. The summed E-state index contributed by atoms with van der Waals surface area (Å²) in [4.78, 5) is 22.5. The smallest absolute Gasteiger partial charge is 0.251 e. The van der Waals surface area contributed by atoms with Crippen molar-refractivity contribution in [1.29, 1.82) is 0 Å². The number of carbonyl (C=O) groups is 2. The lowest BCUT2D eigenvalue weighted by molar-refractivity contribution is 0.0961. The van der Waals surface area contributed by atoms with Crippen molar-refractivity contribution in [3.63, 3.8) is 0 Å². The zero-order valence-electron chi connectivity index (χ0n) is 11.4. The van der Waals surface area contributed by atoms with E-state index in [4.69, 9.17) is 16.2 Å². The fraction of sp³-hybridized carbons (Fsp3) is 0.0667. The lowest BCUT2D eigenvalue weighted by Gasteiger charge is -2.10. The molecule has 0 fully saturated rings. The predicted octanol–water partition coefficient (Wildman–Crippen LogP) is 1.52. The first-order chi connectivity index (χ1) is 10.0. The molecule has 0 radical (unpaired) electrons.